The van der Waals surface area contributed by atoms with Crippen molar-refractivity contribution >= 4 is 6.08 Å². The van der Waals surface area contributed by atoms with Gasteiger partial charge in [-0.3, -0.25) is 0 Å². The minimum absolute atomic E-state index is 0.0557. The van der Waals surface area contributed by atoms with Gasteiger partial charge in [0.15, 0.2) is 23.0 Å². The molecule has 0 radical (unpaired) electrons. The third-order valence-electron chi connectivity index (χ3n) is 6.82. The van der Waals surface area contributed by atoms with Gasteiger partial charge in [0, 0.05) is 11.1 Å². The number of rotatable bonds is 8. The molecule has 1 heterocycles. The molecule has 0 aromatic heterocycles. The molecule has 0 bridgehead atoms. The SMILES string of the molecule is COc1ccc(/C=C2/CCCC3=C2OC(N)=C(C#N)C3c2ccc(OC)c(OC)c2OC)c(OC)c1OC. The minimum Gasteiger partial charge on any atom is -0.493 e. The van der Waals surface area contributed by atoms with Gasteiger partial charge in [-0.15, -0.1) is 0 Å². The summed E-state index contributed by atoms with van der Waals surface area (Å²) in [6.07, 6.45) is 4.33. The van der Waals surface area contributed by atoms with Crippen molar-refractivity contribution < 1.29 is 33.2 Å². The van der Waals surface area contributed by atoms with Gasteiger partial charge in [-0.25, -0.2) is 0 Å². The second-order valence-electron chi connectivity index (χ2n) is 8.65. The molecule has 200 valence electrons. The zero-order valence-electron chi connectivity index (χ0n) is 22.5. The second kappa shape index (κ2) is 11.3. The highest BCUT2D eigenvalue weighted by Gasteiger charge is 2.38. The molecule has 0 saturated heterocycles. The first-order valence-corrected chi connectivity index (χ1v) is 12.1. The van der Waals surface area contributed by atoms with Crippen molar-refractivity contribution in [1.82, 2.24) is 0 Å². The van der Waals surface area contributed by atoms with Crippen molar-refractivity contribution in [1.29, 1.82) is 5.26 Å². The van der Waals surface area contributed by atoms with Gasteiger partial charge in [0.05, 0.1) is 48.6 Å². The lowest BCUT2D eigenvalue weighted by Crippen LogP contribution is -2.24. The summed E-state index contributed by atoms with van der Waals surface area (Å²) in [6, 6.07) is 9.66. The average Bonchev–Trinajstić information content (AvgIpc) is 2.95. The number of nitrogens with zero attached hydrogens (tertiary/aromatic N) is 1. The molecule has 2 N–H and O–H groups in total. The van der Waals surface area contributed by atoms with E-state index in [4.69, 9.17) is 38.9 Å². The quantitative estimate of drug-likeness (QED) is 0.510. The number of benzene rings is 2. The molecule has 2 aliphatic rings. The van der Waals surface area contributed by atoms with E-state index < -0.39 is 5.92 Å². The topological polar surface area (TPSA) is 114 Å². The molecule has 1 atom stereocenters. The summed E-state index contributed by atoms with van der Waals surface area (Å²) in [5.74, 6) is 3.27. The van der Waals surface area contributed by atoms with E-state index in [-0.39, 0.29) is 5.88 Å². The highest BCUT2D eigenvalue weighted by molar-refractivity contribution is 5.71. The van der Waals surface area contributed by atoms with Crippen molar-refractivity contribution in [2.45, 2.75) is 25.2 Å². The Balaban J connectivity index is 1.92. The van der Waals surface area contributed by atoms with Crippen molar-refractivity contribution in [3.05, 3.63) is 63.8 Å². The highest BCUT2D eigenvalue weighted by Crippen LogP contribution is 2.52. The Bertz CT molecular complexity index is 1370. The van der Waals surface area contributed by atoms with Crippen LogP contribution in [0.2, 0.25) is 0 Å². The average molecular weight is 521 g/mol. The smallest absolute Gasteiger partial charge is 0.205 e. The van der Waals surface area contributed by atoms with Crippen LogP contribution in [0.5, 0.6) is 34.5 Å². The maximum Gasteiger partial charge on any atom is 0.205 e. The van der Waals surface area contributed by atoms with Crippen LogP contribution in [-0.2, 0) is 4.74 Å². The number of hydrogen-bond acceptors (Lipinski definition) is 9. The Morgan fingerprint density at radius 1 is 0.816 bits per heavy atom. The van der Waals surface area contributed by atoms with Crippen LogP contribution < -0.4 is 34.2 Å². The van der Waals surface area contributed by atoms with Crippen molar-refractivity contribution in [2.75, 3.05) is 42.7 Å². The van der Waals surface area contributed by atoms with Gasteiger partial charge in [-0.2, -0.15) is 5.26 Å². The summed E-state index contributed by atoms with van der Waals surface area (Å²) in [7, 11) is 9.40. The predicted molar refractivity (Wildman–Crippen MR) is 142 cm³/mol. The third-order valence-corrected chi connectivity index (χ3v) is 6.82. The fourth-order valence-corrected chi connectivity index (χ4v) is 5.17. The second-order valence-corrected chi connectivity index (χ2v) is 8.65. The molecule has 0 spiro atoms. The maximum atomic E-state index is 10.1. The normalized spacial score (nSPS) is 17.8. The van der Waals surface area contributed by atoms with Crippen LogP contribution >= 0.6 is 0 Å². The van der Waals surface area contributed by atoms with E-state index in [1.54, 1.807) is 48.7 Å². The molecule has 38 heavy (non-hydrogen) atoms. The van der Waals surface area contributed by atoms with Crippen molar-refractivity contribution in [3.63, 3.8) is 0 Å². The summed E-state index contributed by atoms with van der Waals surface area (Å²) < 4.78 is 39.6. The molecule has 1 aliphatic heterocycles. The van der Waals surface area contributed by atoms with E-state index in [1.165, 1.54) is 0 Å². The molecule has 4 rings (SSSR count). The molecule has 2 aromatic rings. The first-order valence-electron chi connectivity index (χ1n) is 12.1. The Hall–Kier alpha value is -4.45. The molecule has 1 aliphatic carbocycles. The van der Waals surface area contributed by atoms with Crippen molar-refractivity contribution in [2.24, 2.45) is 5.73 Å². The van der Waals surface area contributed by atoms with Crippen LogP contribution in [0.1, 0.15) is 36.3 Å². The first-order chi connectivity index (χ1) is 18.5. The van der Waals surface area contributed by atoms with Gasteiger partial charge in [0.1, 0.15) is 17.4 Å². The van der Waals surface area contributed by atoms with Crippen LogP contribution in [0.25, 0.3) is 6.08 Å². The Morgan fingerprint density at radius 2 is 1.42 bits per heavy atom. The van der Waals surface area contributed by atoms with Gasteiger partial charge < -0.3 is 38.9 Å². The number of ether oxygens (including phenoxy) is 7. The van der Waals surface area contributed by atoms with Crippen molar-refractivity contribution in [3.8, 4) is 40.6 Å². The molecule has 0 amide bonds. The summed E-state index contributed by atoms with van der Waals surface area (Å²) in [4.78, 5) is 0. The summed E-state index contributed by atoms with van der Waals surface area (Å²) in [6.45, 7) is 0. The van der Waals surface area contributed by atoms with Gasteiger partial charge in [0.25, 0.3) is 0 Å². The number of allylic oxidation sites excluding steroid dienone is 3. The fourth-order valence-electron chi connectivity index (χ4n) is 5.17. The minimum atomic E-state index is -0.477. The number of nitrogens with two attached hydrogens (primary N) is 1. The van der Waals surface area contributed by atoms with E-state index in [0.29, 0.717) is 45.8 Å². The van der Waals surface area contributed by atoms with E-state index in [0.717, 1.165) is 41.5 Å². The zero-order valence-corrected chi connectivity index (χ0v) is 22.5. The van der Waals surface area contributed by atoms with Crippen LogP contribution in [0.15, 0.2) is 52.6 Å². The fraction of sp³-hybridized carbons (Fsp3) is 0.345. The maximum absolute atomic E-state index is 10.1. The lowest BCUT2D eigenvalue weighted by atomic mass is 9.76. The third kappa shape index (κ3) is 4.43. The van der Waals surface area contributed by atoms with Crippen LogP contribution in [-0.4, -0.2) is 42.7 Å². The number of methoxy groups -OCH3 is 6. The van der Waals surface area contributed by atoms with Gasteiger partial charge >= 0.3 is 0 Å². The molecule has 9 nitrogen and oxygen atoms in total. The largest absolute Gasteiger partial charge is 0.493 e. The monoisotopic (exact) mass is 520 g/mol. The molecule has 1 unspecified atom stereocenters. The number of hydrogen-bond donors (Lipinski definition) is 1. The van der Waals surface area contributed by atoms with E-state index >= 15 is 0 Å². The van der Waals surface area contributed by atoms with Crippen LogP contribution in [0.3, 0.4) is 0 Å². The Labute approximate surface area is 222 Å². The summed E-state index contributed by atoms with van der Waals surface area (Å²) >= 11 is 0. The first kappa shape index (κ1) is 26.6. The van der Waals surface area contributed by atoms with Gasteiger partial charge in [-0.05, 0) is 54.7 Å². The number of nitriles is 1. The van der Waals surface area contributed by atoms with E-state index in [1.807, 2.05) is 24.3 Å². The summed E-state index contributed by atoms with van der Waals surface area (Å²) in [5, 5.41) is 10.1. The predicted octanol–water partition coefficient (Wildman–Crippen LogP) is 5.07. The molecular weight excluding hydrogens is 488 g/mol. The Kier molecular flexibility index (Phi) is 7.91. The van der Waals surface area contributed by atoms with Gasteiger partial charge in [-0.1, -0.05) is 6.07 Å². The van der Waals surface area contributed by atoms with Crippen LogP contribution in [0.4, 0.5) is 0 Å². The Morgan fingerprint density at radius 3 is 2.00 bits per heavy atom. The van der Waals surface area contributed by atoms with E-state index in [9.17, 15) is 5.26 Å². The lowest BCUT2D eigenvalue weighted by molar-refractivity contribution is 0.275. The molecule has 9 heteroatoms. The molecule has 0 saturated carbocycles. The van der Waals surface area contributed by atoms with Crippen LogP contribution in [0, 0.1) is 11.3 Å². The standard InChI is InChI=1S/C29H32N2O7/c1-32-21-12-10-17(25(34-3)27(21)36-5)14-16-8-7-9-18-23(20(15-30)29(31)38-24(16)18)19-11-13-22(33-2)28(37-6)26(19)35-4/h10-14,23H,7-9,31H2,1-6H3/b16-14-. The highest BCUT2D eigenvalue weighted by atomic mass is 16.5. The van der Waals surface area contributed by atoms with E-state index in [2.05, 4.69) is 6.07 Å². The zero-order chi connectivity index (χ0) is 27.4. The van der Waals surface area contributed by atoms with Gasteiger partial charge in [0.2, 0.25) is 17.4 Å². The molecular formula is C29H32N2O7. The lowest BCUT2D eigenvalue weighted by Gasteiger charge is -2.34. The molecule has 0 fully saturated rings. The molecule has 2 aromatic carbocycles. The summed E-state index contributed by atoms with van der Waals surface area (Å²) in [5.41, 5.74) is 10.1.